The first-order chi connectivity index (χ1) is 9.99. The molecule has 6 nitrogen and oxygen atoms in total. The number of carbonyl (C=O) groups excluding carboxylic acids is 2. The van der Waals surface area contributed by atoms with Crippen molar-refractivity contribution in [3.05, 3.63) is 36.0 Å². The summed E-state index contributed by atoms with van der Waals surface area (Å²) in [6.07, 6.45) is 2.00. The molecule has 0 fully saturated rings. The Bertz CT molecular complexity index is 585. The number of nitrogens with one attached hydrogen (secondary N) is 1. The summed E-state index contributed by atoms with van der Waals surface area (Å²) in [5.74, 6) is -0.808. The third-order valence-corrected chi connectivity index (χ3v) is 2.67. The molecule has 0 spiro atoms. The molecular weight excluding hydrogens is 268 g/mol. The number of nitriles is 1. The Balaban J connectivity index is 3.07. The average Bonchev–Trinajstić information content (AvgIpc) is 2.47. The zero-order valence-corrected chi connectivity index (χ0v) is 12.1. The van der Waals surface area contributed by atoms with E-state index in [9.17, 15) is 9.59 Å². The number of nitrogen functional groups attached to an aromatic ring is 1. The van der Waals surface area contributed by atoms with E-state index in [2.05, 4.69) is 5.32 Å². The molecule has 1 aromatic carbocycles. The van der Waals surface area contributed by atoms with E-state index in [1.807, 2.05) is 13.0 Å². The van der Waals surface area contributed by atoms with Crippen molar-refractivity contribution in [3.63, 3.8) is 0 Å². The van der Waals surface area contributed by atoms with Gasteiger partial charge in [-0.05, 0) is 30.7 Å². The average molecular weight is 286 g/mol. The molecule has 0 aliphatic carbocycles. The van der Waals surface area contributed by atoms with Gasteiger partial charge in [0, 0.05) is 31.0 Å². The van der Waals surface area contributed by atoms with Gasteiger partial charge in [-0.2, -0.15) is 5.26 Å². The molecule has 3 N–H and O–H groups in total. The maximum Gasteiger partial charge on any atom is 0.263 e. The maximum absolute atomic E-state index is 11.8. The van der Waals surface area contributed by atoms with Gasteiger partial charge in [0.15, 0.2) is 0 Å². The largest absolute Gasteiger partial charge is 0.399 e. The van der Waals surface area contributed by atoms with Gasteiger partial charge in [-0.1, -0.05) is 6.92 Å². The van der Waals surface area contributed by atoms with Crippen LogP contribution < -0.4 is 16.0 Å². The van der Waals surface area contributed by atoms with Crippen LogP contribution in [0.15, 0.2) is 36.0 Å². The Hall–Kier alpha value is -2.81. The van der Waals surface area contributed by atoms with Gasteiger partial charge in [0.1, 0.15) is 11.6 Å². The van der Waals surface area contributed by atoms with E-state index in [-0.39, 0.29) is 11.5 Å². The smallest absolute Gasteiger partial charge is 0.263 e. The second-order valence-corrected chi connectivity index (χ2v) is 4.39. The molecule has 0 atom stereocenters. The van der Waals surface area contributed by atoms with E-state index in [4.69, 9.17) is 11.0 Å². The van der Waals surface area contributed by atoms with Crippen LogP contribution in [0.4, 0.5) is 11.4 Å². The van der Waals surface area contributed by atoms with Gasteiger partial charge in [-0.15, -0.1) is 0 Å². The standard InChI is InChI=1S/C15H18N4O2/c1-3-8-18-15(21)12(9-16)10-19(11(2)20)14-6-4-13(17)5-7-14/h4-7,10H,3,8,17H2,1-2H3,(H,18,21)/b12-10-. The molecule has 0 heterocycles. The van der Waals surface area contributed by atoms with Crippen LogP contribution in [0.1, 0.15) is 20.3 Å². The topological polar surface area (TPSA) is 99.2 Å². The summed E-state index contributed by atoms with van der Waals surface area (Å²) >= 11 is 0. The zero-order valence-electron chi connectivity index (χ0n) is 12.1. The van der Waals surface area contributed by atoms with Crippen molar-refractivity contribution in [2.24, 2.45) is 0 Å². The highest BCUT2D eigenvalue weighted by Gasteiger charge is 2.14. The fourth-order valence-electron chi connectivity index (χ4n) is 1.58. The second-order valence-electron chi connectivity index (χ2n) is 4.39. The molecule has 0 saturated carbocycles. The van der Waals surface area contributed by atoms with Gasteiger partial charge in [-0.25, -0.2) is 0 Å². The first-order valence-corrected chi connectivity index (χ1v) is 6.55. The monoisotopic (exact) mass is 286 g/mol. The zero-order chi connectivity index (χ0) is 15.8. The lowest BCUT2D eigenvalue weighted by molar-refractivity contribution is -0.117. The van der Waals surface area contributed by atoms with Crippen LogP contribution in [0.25, 0.3) is 0 Å². The van der Waals surface area contributed by atoms with Crippen LogP contribution in [-0.2, 0) is 9.59 Å². The van der Waals surface area contributed by atoms with Crippen molar-refractivity contribution in [1.82, 2.24) is 5.32 Å². The molecule has 1 aromatic rings. The minimum atomic E-state index is -0.499. The summed E-state index contributed by atoms with van der Waals surface area (Å²) in [5.41, 5.74) is 6.57. The van der Waals surface area contributed by atoms with Crippen molar-refractivity contribution >= 4 is 23.2 Å². The Morgan fingerprint density at radius 2 is 2.00 bits per heavy atom. The van der Waals surface area contributed by atoms with Gasteiger partial charge in [0.05, 0.1) is 0 Å². The molecule has 0 unspecified atom stereocenters. The van der Waals surface area contributed by atoms with Crippen LogP contribution in [-0.4, -0.2) is 18.4 Å². The van der Waals surface area contributed by atoms with E-state index in [1.165, 1.54) is 18.0 Å². The lowest BCUT2D eigenvalue weighted by atomic mass is 10.2. The maximum atomic E-state index is 11.8. The first kappa shape index (κ1) is 16.2. The number of benzene rings is 1. The summed E-state index contributed by atoms with van der Waals surface area (Å²) in [5, 5.41) is 11.7. The van der Waals surface area contributed by atoms with E-state index >= 15 is 0 Å². The molecule has 6 heteroatoms. The molecule has 2 amide bonds. The predicted octanol–water partition coefficient (Wildman–Crippen LogP) is 1.56. The van der Waals surface area contributed by atoms with Crippen LogP contribution in [0.5, 0.6) is 0 Å². The highest BCUT2D eigenvalue weighted by Crippen LogP contribution is 2.18. The fraction of sp³-hybridized carbons (Fsp3) is 0.267. The molecule has 0 aliphatic heterocycles. The van der Waals surface area contributed by atoms with Gasteiger partial charge in [0.2, 0.25) is 5.91 Å². The number of rotatable bonds is 5. The van der Waals surface area contributed by atoms with E-state index in [1.54, 1.807) is 24.3 Å². The Morgan fingerprint density at radius 3 is 2.48 bits per heavy atom. The number of nitrogens with zero attached hydrogens (tertiary/aromatic N) is 2. The van der Waals surface area contributed by atoms with E-state index in [0.717, 1.165) is 6.42 Å². The molecule has 0 aromatic heterocycles. The third-order valence-electron chi connectivity index (χ3n) is 2.67. The van der Waals surface area contributed by atoms with Crippen LogP contribution in [0, 0.1) is 11.3 Å². The lowest BCUT2D eigenvalue weighted by Crippen LogP contribution is -2.29. The van der Waals surface area contributed by atoms with Crippen molar-refractivity contribution in [1.29, 1.82) is 5.26 Å². The van der Waals surface area contributed by atoms with Crippen LogP contribution >= 0.6 is 0 Å². The van der Waals surface area contributed by atoms with Gasteiger partial charge in [-0.3, -0.25) is 14.5 Å². The molecule has 0 radical (unpaired) electrons. The Morgan fingerprint density at radius 1 is 1.38 bits per heavy atom. The van der Waals surface area contributed by atoms with Gasteiger partial charge >= 0.3 is 0 Å². The highest BCUT2D eigenvalue weighted by atomic mass is 16.2. The first-order valence-electron chi connectivity index (χ1n) is 6.55. The SMILES string of the molecule is CCCNC(=O)/C(C#N)=C\N(C(C)=O)c1ccc(N)cc1. The Kier molecular flexibility index (Phi) is 5.96. The molecule has 0 bridgehead atoms. The summed E-state index contributed by atoms with van der Waals surface area (Å²) < 4.78 is 0. The molecule has 21 heavy (non-hydrogen) atoms. The minimum Gasteiger partial charge on any atom is -0.399 e. The van der Waals surface area contributed by atoms with Gasteiger partial charge in [0.25, 0.3) is 5.91 Å². The fourth-order valence-corrected chi connectivity index (χ4v) is 1.58. The number of hydrogen-bond acceptors (Lipinski definition) is 4. The van der Waals surface area contributed by atoms with Crippen LogP contribution in [0.3, 0.4) is 0 Å². The molecule has 0 aliphatic rings. The number of amides is 2. The lowest BCUT2D eigenvalue weighted by Gasteiger charge is -2.17. The molecule has 0 saturated heterocycles. The van der Waals surface area contributed by atoms with E-state index < -0.39 is 5.91 Å². The third kappa shape index (κ3) is 4.66. The predicted molar refractivity (Wildman–Crippen MR) is 81.0 cm³/mol. The molecule has 1 rings (SSSR count). The normalized spacial score (nSPS) is 10.6. The van der Waals surface area contributed by atoms with Crippen molar-refractivity contribution < 1.29 is 9.59 Å². The number of carbonyl (C=O) groups is 2. The van der Waals surface area contributed by atoms with E-state index in [0.29, 0.717) is 17.9 Å². The summed E-state index contributed by atoms with van der Waals surface area (Å²) in [4.78, 5) is 24.8. The number of nitrogens with two attached hydrogens (primary N) is 1. The number of hydrogen-bond donors (Lipinski definition) is 2. The summed E-state index contributed by atoms with van der Waals surface area (Å²) in [6, 6.07) is 8.38. The quantitative estimate of drug-likeness (QED) is 0.487. The summed E-state index contributed by atoms with van der Waals surface area (Å²) in [7, 11) is 0. The highest BCUT2D eigenvalue weighted by molar-refractivity contribution is 6.01. The van der Waals surface area contributed by atoms with Crippen molar-refractivity contribution in [2.75, 3.05) is 17.2 Å². The molecule has 110 valence electrons. The van der Waals surface area contributed by atoms with Crippen molar-refractivity contribution in [3.8, 4) is 6.07 Å². The van der Waals surface area contributed by atoms with Crippen LogP contribution in [0.2, 0.25) is 0 Å². The Labute approximate surface area is 123 Å². The van der Waals surface area contributed by atoms with Gasteiger partial charge < -0.3 is 11.1 Å². The van der Waals surface area contributed by atoms with Crippen molar-refractivity contribution in [2.45, 2.75) is 20.3 Å². The molecular formula is C15H18N4O2. The summed E-state index contributed by atoms with van der Waals surface area (Å²) in [6.45, 7) is 3.73. The number of anilines is 2. The minimum absolute atomic E-state index is 0.129. The second kappa shape index (κ2) is 7.70.